The third-order valence-electron chi connectivity index (χ3n) is 4.70. The van der Waals surface area contributed by atoms with Crippen molar-refractivity contribution in [3.05, 3.63) is 107 Å². The van der Waals surface area contributed by atoms with Gasteiger partial charge in [-0.1, -0.05) is 60.7 Å². The third-order valence-corrected chi connectivity index (χ3v) is 4.70. The number of pyridine rings is 1. The largest absolute Gasteiger partial charge is 0.487 e. The van der Waals surface area contributed by atoms with E-state index < -0.39 is 0 Å². The molecule has 0 aliphatic heterocycles. The van der Waals surface area contributed by atoms with Crippen molar-refractivity contribution in [3.8, 4) is 5.75 Å². The number of carbonyl (C=O) groups excluding carboxylic acids is 1. The van der Waals surface area contributed by atoms with Crippen LogP contribution in [0.15, 0.2) is 84.9 Å². The number of para-hydroxylation sites is 1. The third kappa shape index (κ3) is 4.73. The molecule has 30 heavy (non-hydrogen) atoms. The first kappa shape index (κ1) is 19.4. The Bertz CT molecular complexity index is 1200. The van der Waals surface area contributed by atoms with Crippen LogP contribution in [0.4, 0.5) is 0 Å². The molecule has 1 aromatic heterocycles. The highest BCUT2D eigenvalue weighted by atomic mass is 16.5. The van der Waals surface area contributed by atoms with Crippen molar-refractivity contribution in [2.45, 2.75) is 6.61 Å². The number of fused-ring (bicyclic) bond motifs is 1. The first-order valence-electron chi connectivity index (χ1n) is 9.65. The fraction of sp³-hybridized carbons (Fsp3) is 0.0769. The fourth-order valence-corrected chi connectivity index (χ4v) is 3.09. The van der Waals surface area contributed by atoms with E-state index in [2.05, 4.69) is 11.1 Å². The van der Waals surface area contributed by atoms with Crippen LogP contribution in [0, 0.1) is 0 Å². The number of hydrogen-bond donors (Lipinski definition) is 0. The van der Waals surface area contributed by atoms with Crippen molar-refractivity contribution in [2.75, 3.05) is 7.11 Å². The zero-order chi connectivity index (χ0) is 20.8. The number of nitrogens with zero attached hydrogens (tertiary/aromatic N) is 1. The van der Waals surface area contributed by atoms with E-state index in [1.165, 1.54) is 7.11 Å². The van der Waals surface area contributed by atoms with Gasteiger partial charge in [0.2, 0.25) is 0 Å². The molecule has 0 radical (unpaired) electrons. The summed E-state index contributed by atoms with van der Waals surface area (Å²) in [6.45, 7) is 0.410. The summed E-state index contributed by atoms with van der Waals surface area (Å²) < 4.78 is 10.7. The van der Waals surface area contributed by atoms with Gasteiger partial charge in [0.05, 0.1) is 23.9 Å². The molecule has 4 heteroatoms. The maximum Gasteiger partial charge on any atom is 0.337 e. The Morgan fingerprint density at radius 3 is 2.50 bits per heavy atom. The molecule has 0 spiro atoms. The minimum atomic E-state index is -0.337. The molecule has 0 saturated heterocycles. The van der Waals surface area contributed by atoms with Crippen LogP contribution in [0.1, 0.15) is 27.2 Å². The lowest BCUT2D eigenvalue weighted by atomic mass is 10.1. The van der Waals surface area contributed by atoms with E-state index in [-0.39, 0.29) is 5.97 Å². The van der Waals surface area contributed by atoms with Gasteiger partial charge in [0.1, 0.15) is 12.4 Å². The number of ether oxygens (including phenoxy) is 2. The molecule has 3 aromatic carbocycles. The molecule has 148 valence electrons. The van der Waals surface area contributed by atoms with Crippen LogP contribution in [0.3, 0.4) is 0 Å². The summed E-state index contributed by atoms with van der Waals surface area (Å²) in [4.78, 5) is 16.2. The van der Waals surface area contributed by atoms with E-state index in [1.54, 1.807) is 12.1 Å². The Labute approximate surface area is 175 Å². The van der Waals surface area contributed by atoms with Crippen molar-refractivity contribution in [3.63, 3.8) is 0 Å². The van der Waals surface area contributed by atoms with E-state index in [4.69, 9.17) is 9.47 Å². The summed E-state index contributed by atoms with van der Waals surface area (Å²) in [5.41, 5.74) is 4.41. The number of esters is 1. The van der Waals surface area contributed by atoms with Gasteiger partial charge in [-0.25, -0.2) is 9.78 Å². The highest BCUT2D eigenvalue weighted by molar-refractivity contribution is 5.89. The van der Waals surface area contributed by atoms with Crippen LogP contribution >= 0.6 is 0 Å². The SMILES string of the molecule is COC(=O)c1ccc(/C=C/c2cccc(OCc3ccc4ccccc4n3)c2)cc1. The number of carbonyl (C=O) groups is 1. The summed E-state index contributed by atoms with van der Waals surface area (Å²) in [7, 11) is 1.38. The Morgan fingerprint density at radius 2 is 1.67 bits per heavy atom. The van der Waals surface area contributed by atoms with Crippen LogP contribution in [-0.4, -0.2) is 18.1 Å². The number of hydrogen-bond acceptors (Lipinski definition) is 4. The Kier molecular flexibility index (Phi) is 5.85. The van der Waals surface area contributed by atoms with Gasteiger partial charge in [-0.3, -0.25) is 0 Å². The monoisotopic (exact) mass is 395 g/mol. The van der Waals surface area contributed by atoms with Gasteiger partial charge in [-0.2, -0.15) is 0 Å². The predicted molar refractivity (Wildman–Crippen MR) is 119 cm³/mol. The molecule has 4 rings (SSSR count). The molecule has 4 nitrogen and oxygen atoms in total. The van der Waals surface area contributed by atoms with Crippen molar-refractivity contribution >= 4 is 29.0 Å². The zero-order valence-electron chi connectivity index (χ0n) is 16.6. The number of benzene rings is 3. The predicted octanol–water partition coefficient (Wildman–Crippen LogP) is 5.77. The molecular formula is C26H21NO3. The maximum absolute atomic E-state index is 11.5. The average Bonchev–Trinajstić information content (AvgIpc) is 2.81. The van der Waals surface area contributed by atoms with E-state index in [0.717, 1.165) is 33.5 Å². The van der Waals surface area contributed by atoms with Crippen LogP contribution in [0.5, 0.6) is 5.75 Å². The topological polar surface area (TPSA) is 48.4 Å². The molecule has 1 heterocycles. The molecule has 0 bridgehead atoms. The van der Waals surface area contributed by atoms with Gasteiger partial charge < -0.3 is 9.47 Å². The molecular weight excluding hydrogens is 374 g/mol. The van der Waals surface area contributed by atoms with E-state index >= 15 is 0 Å². The van der Waals surface area contributed by atoms with Crippen LogP contribution in [-0.2, 0) is 11.3 Å². The highest BCUT2D eigenvalue weighted by Gasteiger charge is 2.03. The first-order chi connectivity index (χ1) is 14.7. The van der Waals surface area contributed by atoms with Crippen molar-refractivity contribution in [2.24, 2.45) is 0 Å². The maximum atomic E-state index is 11.5. The lowest BCUT2D eigenvalue weighted by Crippen LogP contribution is -2.00. The first-order valence-corrected chi connectivity index (χ1v) is 9.65. The van der Waals surface area contributed by atoms with Gasteiger partial charge in [0.25, 0.3) is 0 Å². The van der Waals surface area contributed by atoms with Crippen molar-refractivity contribution < 1.29 is 14.3 Å². The molecule has 0 aliphatic rings. The molecule has 0 unspecified atom stereocenters. The van der Waals surface area contributed by atoms with Crippen LogP contribution in [0.25, 0.3) is 23.1 Å². The quantitative estimate of drug-likeness (QED) is 0.307. The molecule has 0 aliphatic carbocycles. The summed E-state index contributed by atoms with van der Waals surface area (Å²) in [5.74, 6) is 0.449. The van der Waals surface area contributed by atoms with E-state index in [0.29, 0.717) is 12.2 Å². The molecule has 0 atom stereocenters. The Morgan fingerprint density at radius 1 is 0.867 bits per heavy atom. The Balaban J connectivity index is 1.41. The summed E-state index contributed by atoms with van der Waals surface area (Å²) in [5, 5.41) is 1.12. The second kappa shape index (κ2) is 9.05. The van der Waals surface area contributed by atoms with Gasteiger partial charge in [0.15, 0.2) is 0 Å². The normalized spacial score (nSPS) is 11.0. The second-order valence-electron chi connectivity index (χ2n) is 6.80. The number of methoxy groups -OCH3 is 1. The van der Waals surface area contributed by atoms with Crippen molar-refractivity contribution in [1.82, 2.24) is 4.98 Å². The minimum absolute atomic E-state index is 0.337. The summed E-state index contributed by atoms with van der Waals surface area (Å²) in [6.07, 6.45) is 4.00. The van der Waals surface area contributed by atoms with Crippen LogP contribution < -0.4 is 4.74 Å². The minimum Gasteiger partial charge on any atom is -0.487 e. The summed E-state index contributed by atoms with van der Waals surface area (Å²) >= 11 is 0. The lowest BCUT2D eigenvalue weighted by molar-refractivity contribution is 0.0600. The molecule has 0 saturated carbocycles. The average molecular weight is 395 g/mol. The molecule has 0 fully saturated rings. The highest BCUT2D eigenvalue weighted by Crippen LogP contribution is 2.18. The number of rotatable bonds is 6. The van der Waals surface area contributed by atoms with Gasteiger partial charge in [-0.15, -0.1) is 0 Å². The molecule has 4 aromatic rings. The molecule has 0 N–H and O–H groups in total. The van der Waals surface area contributed by atoms with E-state index in [9.17, 15) is 4.79 Å². The van der Waals surface area contributed by atoms with Crippen molar-refractivity contribution in [1.29, 1.82) is 0 Å². The van der Waals surface area contributed by atoms with Gasteiger partial charge in [0, 0.05) is 5.39 Å². The standard InChI is InChI=1S/C26H21NO3/c1-29-26(28)22-13-11-19(12-14-22)9-10-20-5-4-7-24(17-20)30-18-23-16-15-21-6-2-3-8-25(21)27-23/h2-17H,18H2,1H3/b10-9+. The fourth-order valence-electron chi connectivity index (χ4n) is 3.09. The Hall–Kier alpha value is -3.92. The van der Waals surface area contributed by atoms with Gasteiger partial charge in [-0.05, 0) is 47.5 Å². The second-order valence-corrected chi connectivity index (χ2v) is 6.80. The molecule has 0 amide bonds. The lowest BCUT2D eigenvalue weighted by Gasteiger charge is -2.07. The zero-order valence-corrected chi connectivity index (χ0v) is 16.6. The van der Waals surface area contributed by atoms with Crippen LogP contribution in [0.2, 0.25) is 0 Å². The number of aromatic nitrogens is 1. The smallest absolute Gasteiger partial charge is 0.337 e. The van der Waals surface area contributed by atoms with Gasteiger partial charge >= 0.3 is 5.97 Å². The van der Waals surface area contributed by atoms with E-state index in [1.807, 2.05) is 78.9 Å². The summed E-state index contributed by atoms with van der Waals surface area (Å²) in [6, 6.07) is 27.3.